The second-order valence-corrected chi connectivity index (χ2v) is 8.55. The summed E-state index contributed by atoms with van der Waals surface area (Å²) in [5, 5.41) is 11.6. The minimum atomic E-state index is -1.02. The van der Waals surface area contributed by atoms with Crippen molar-refractivity contribution in [3.8, 4) is 5.75 Å². The lowest BCUT2D eigenvalue weighted by Crippen LogP contribution is -2.45. The zero-order valence-electron chi connectivity index (χ0n) is 17.8. The zero-order valence-corrected chi connectivity index (χ0v) is 18.5. The molecule has 0 unspecified atom stereocenters. The van der Waals surface area contributed by atoms with Crippen molar-refractivity contribution in [1.29, 1.82) is 0 Å². The third-order valence-electron chi connectivity index (χ3n) is 6.08. The SMILES string of the molecule is O=C(c1ccc(NOc2cccc3[nH]cnc23)cc1)N1CCC(O)(c2ccccc2Cl)CC1. The molecule has 0 radical (unpaired) electrons. The Morgan fingerprint density at radius 3 is 2.58 bits per heavy atom. The molecule has 1 amide bonds. The summed E-state index contributed by atoms with van der Waals surface area (Å²) in [4.78, 5) is 27.7. The number of aromatic amines is 1. The summed E-state index contributed by atoms with van der Waals surface area (Å²) in [5.41, 5.74) is 5.52. The van der Waals surface area contributed by atoms with E-state index in [1.54, 1.807) is 41.6 Å². The molecule has 33 heavy (non-hydrogen) atoms. The number of carbonyl (C=O) groups is 1. The maximum Gasteiger partial charge on any atom is 0.253 e. The van der Waals surface area contributed by atoms with E-state index in [0.717, 1.165) is 16.6 Å². The van der Waals surface area contributed by atoms with Crippen LogP contribution in [0.1, 0.15) is 28.8 Å². The molecule has 1 aromatic heterocycles. The molecule has 5 rings (SSSR count). The van der Waals surface area contributed by atoms with Crippen LogP contribution in [0.3, 0.4) is 0 Å². The Balaban J connectivity index is 1.20. The van der Waals surface area contributed by atoms with Gasteiger partial charge in [0.1, 0.15) is 5.52 Å². The second-order valence-electron chi connectivity index (χ2n) is 8.14. The molecule has 0 bridgehead atoms. The Kier molecular flexibility index (Phi) is 5.66. The third kappa shape index (κ3) is 4.25. The van der Waals surface area contributed by atoms with Gasteiger partial charge in [0.05, 0.1) is 23.1 Å². The Hall–Kier alpha value is -3.55. The first-order valence-electron chi connectivity index (χ1n) is 10.8. The highest BCUT2D eigenvalue weighted by Crippen LogP contribution is 2.37. The predicted octanol–water partition coefficient (Wildman–Crippen LogP) is 4.75. The minimum Gasteiger partial charge on any atom is -0.385 e. The summed E-state index contributed by atoms with van der Waals surface area (Å²) in [5.74, 6) is 0.540. The van der Waals surface area contributed by atoms with Gasteiger partial charge in [0.2, 0.25) is 0 Å². The zero-order chi connectivity index (χ0) is 22.8. The van der Waals surface area contributed by atoms with Crippen molar-refractivity contribution in [2.45, 2.75) is 18.4 Å². The molecule has 3 aromatic carbocycles. The molecule has 1 saturated heterocycles. The molecule has 168 valence electrons. The highest BCUT2D eigenvalue weighted by Gasteiger charge is 2.36. The molecular weight excluding hydrogens is 440 g/mol. The molecule has 2 heterocycles. The third-order valence-corrected chi connectivity index (χ3v) is 6.41. The molecular formula is C25H23ClN4O3. The number of likely N-dealkylation sites (tertiary alicyclic amines) is 1. The lowest BCUT2D eigenvalue weighted by Gasteiger charge is -2.39. The van der Waals surface area contributed by atoms with Crippen molar-refractivity contribution in [2.24, 2.45) is 0 Å². The number of hydrogen-bond donors (Lipinski definition) is 3. The minimum absolute atomic E-state index is 0.0648. The predicted molar refractivity (Wildman–Crippen MR) is 127 cm³/mol. The number of aliphatic hydroxyl groups is 1. The Bertz CT molecular complexity index is 1280. The monoisotopic (exact) mass is 462 g/mol. The van der Waals surface area contributed by atoms with Crippen LogP contribution in [0, 0.1) is 0 Å². The number of aromatic nitrogens is 2. The number of para-hydroxylation sites is 1. The number of benzene rings is 3. The van der Waals surface area contributed by atoms with E-state index < -0.39 is 5.60 Å². The molecule has 1 fully saturated rings. The normalized spacial score (nSPS) is 15.4. The van der Waals surface area contributed by atoms with Gasteiger partial charge in [0, 0.05) is 29.2 Å². The Morgan fingerprint density at radius 1 is 1.06 bits per heavy atom. The average Bonchev–Trinajstić information content (AvgIpc) is 3.33. The van der Waals surface area contributed by atoms with E-state index in [0.29, 0.717) is 48.0 Å². The number of carbonyl (C=O) groups excluding carboxylic acids is 1. The maximum absolute atomic E-state index is 13.0. The first kappa shape index (κ1) is 21.3. The number of imidazole rings is 1. The van der Waals surface area contributed by atoms with Crippen molar-refractivity contribution in [2.75, 3.05) is 18.6 Å². The number of nitrogens with one attached hydrogen (secondary N) is 2. The van der Waals surface area contributed by atoms with Gasteiger partial charge in [-0.2, -0.15) is 0 Å². The molecule has 0 saturated carbocycles. The lowest BCUT2D eigenvalue weighted by atomic mass is 9.84. The summed E-state index contributed by atoms with van der Waals surface area (Å²) < 4.78 is 0. The molecule has 7 nitrogen and oxygen atoms in total. The van der Waals surface area contributed by atoms with Crippen LogP contribution >= 0.6 is 11.6 Å². The number of anilines is 1. The van der Waals surface area contributed by atoms with Crippen molar-refractivity contribution in [3.05, 3.63) is 89.2 Å². The Labute approximate surface area is 195 Å². The standard InChI is InChI=1S/C25H23ClN4O3/c26-20-5-2-1-4-19(20)25(32)12-14-30(15-13-25)24(31)17-8-10-18(11-9-17)29-33-22-7-3-6-21-23(22)28-16-27-21/h1-11,16,29,32H,12-15H2,(H,27,28). The number of rotatable bonds is 5. The fourth-order valence-corrected chi connectivity index (χ4v) is 4.50. The molecule has 8 heteroatoms. The van der Waals surface area contributed by atoms with E-state index in [2.05, 4.69) is 15.4 Å². The van der Waals surface area contributed by atoms with E-state index in [1.807, 2.05) is 36.4 Å². The molecule has 0 spiro atoms. The Morgan fingerprint density at radius 2 is 1.82 bits per heavy atom. The van der Waals surface area contributed by atoms with Crippen LogP contribution in [0.2, 0.25) is 5.02 Å². The number of amides is 1. The second kappa shape index (κ2) is 8.77. The van der Waals surface area contributed by atoms with Crippen molar-refractivity contribution < 1.29 is 14.7 Å². The number of piperidine rings is 1. The summed E-state index contributed by atoms with van der Waals surface area (Å²) in [6.07, 6.45) is 2.50. The van der Waals surface area contributed by atoms with Gasteiger partial charge in [-0.05, 0) is 55.3 Å². The smallest absolute Gasteiger partial charge is 0.253 e. The van der Waals surface area contributed by atoms with Gasteiger partial charge < -0.3 is 19.8 Å². The van der Waals surface area contributed by atoms with Crippen LogP contribution in [0.4, 0.5) is 5.69 Å². The topological polar surface area (TPSA) is 90.5 Å². The molecule has 1 aliphatic heterocycles. The number of nitrogens with zero attached hydrogens (tertiary/aromatic N) is 2. The molecule has 0 aliphatic carbocycles. The fourth-order valence-electron chi connectivity index (χ4n) is 4.19. The number of fused-ring (bicyclic) bond motifs is 1. The largest absolute Gasteiger partial charge is 0.385 e. The lowest BCUT2D eigenvalue weighted by molar-refractivity contribution is -0.0210. The highest BCUT2D eigenvalue weighted by molar-refractivity contribution is 6.31. The molecule has 1 aliphatic rings. The van der Waals surface area contributed by atoms with Crippen molar-refractivity contribution in [3.63, 3.8) is 0 Å². The van der Waals surface area contributed by atoms with Crippen LogP contribution in [0.5, 0.6) is 5.75 Å². The van der Waals surface area contributed by atoms with Crippen LogP contribution < -0.4 is 10.3 Å². The van der Waals surface area contributed by atoms with Gasteiger partial charge in [-0.1, -0.05) is 35.9 Å². The molecule has 3 N–H and O–H groups in total. The fraction of sp³-hybridized carbons (Fsp3) is 0.200. The van der Waals surface area contributed by atoms with Crippen molar-refractivity contribution in [1.82, 2.24) is 14.9 Å². The summed E-state index contributed by atoms with van der Waals surface area (Å²) in [6, 6.07) is 20.1. The van der Waals surface area contributed by atoms with Crippen LogP contribution in [0.15, 0.2) is 73.1 Å². The van der Waals surface area contributed by atoms with E-state index in [4.69, 9.17) is 16.4 Å². The number of hydrogen-bond acceptors (Lipinski definition) is 5. The van der Waals surface area contributed by atoms with E-state index >= 15 is 0 Å². The first-order valence-corrected chi connectivity index (χ1v) is 11.1. The van der Waals surface area contributed by atoms with Crippen LogP contribution in [-0.4, -0.2) is 39.0 Å². The summed E-state index contributed by atoms with van der Waals surface area (Å²) in [7, 11) is 0. The van der Waals surface area contributed by atoms with E-state index in [9.17, 15) is 9.90 Å². The van der Waals surface area contributed by atoms with Crippen molar-refractivity contribution >= 4 is 34.2 Å². The van der Waals surface area contributed by atoms with Gasteiger partial charge in [0.25, 0.3) is 5.91 Å². The summed E-state index contributed by atoms with van der Waals surface area (Å²) >= 11 is 6.28. The maximum atomic E-state index is 13.0. The number of H-pyrrole nitrogens is 1. The number of halogens is 1. The van der Waals surface area contributed by atoms with Gasteiger partial charge >= 0.3 is 0 Å². The highest BCUT2D eigenvalue weighted by atomic mass is 35.5. The summed E-state index contributed by atoms with van der Waals surface area (Å²) in [6.45, 7) is 0.911. The molecule has 0 atom stereocenters. The van der Waals surface area contributed by atoms with Gasteiger partial charge in [-0.3, -0.25) is 4.79 Å². The average molecular weight is 463 g/mol. The van der Waals surface area contributed by atoms with Gasteiger partial charge in [-0.25, -0.2) is 10.5 Å². The van der Waals surface area contributed by atoms with Crippen LogP contribution in [0.25, 0.3) is 11.0 Å². The van der Waals surface area contributed by atoms with E-state index in [1.165, 1.54) is 0 Å². The van der Waals surface area contributed by atoms with Gasteiger partial charge in [-0.15, -0.1) is 0 Å². The van der Waals surface area contributed by atoms with E-state index in [-0.39, 0.29) is 5.91 Å². The molecule has 4 aromatic rings. The first-order chi connectivity index (χ1) is 16.0. The van der Waals surface area contributed by atoms with Gasteiger partial charge in [0.15, 0.2) is 5.75 Å². The van der Waals surface area contributed by atoms with Crippen LogP contribution in [-0.2, 0) is 5.60 Å². The quantitative estimate of drug-likeness (QED) is 0.372.